The van der Waals surface area contributed by atoms with Gasteiger partial charge in [-0.1, -0.05) is 30.3 Å². The lowest BCUT2D eigenvalue weighted by atomic mass is 10.2. The fourth-order valence-electron chi connectivity index (χ4n) is 1.11. The Morgan fingerprint density at radius 1 is 1.21 bits per heavy atom. The highest BCUT2D eigenvalue weighted by Crippen LogP contribution is 2.42. The van der Waals surface area contributed by atoms with Gasteiger partial charge in [0.1, 0.15) is 0 Å². The summed E-state index contributed by atoms with van der Waals surface area (Å²) in [5.41, 5.74) is 1.12. The van der Waals surface area contributed by atoms with Gasteiger partial charge in [-0.05, 0) is 35.2 Å². The summed E-state index contributed by atoms with van der Waals surface area (Å²) in [6.45, 7) is 5.01. The maximum atomic E-state index is 10.3. The average Bonchev–Trinajstić information content (AvgIpc) is 2.39. The summed E-state index contributed by atoms with van der Waals surface area (Å²) in [7, 11) is -3.08. The molecule has 1 atom stereocenters. The standard InChI is InChI=1S/C8H9O2P.C4H10ClO2P/c9-11(10)7-6-8-4-2-1-3-5-8;1-3-6-8(5)7-4-2/h1-5H,6-7H2;3-4H2,1-2H3/p+1. The summed E-state index contributed by atoms with van der Waals surface area (Å²) in [4.78, 5) is 8.52. The fraction of sp³-hybridized carbons (Fsp3) is 0.500. The van der Waals surface area contributed by atoms with Gasteiger partial charge in [-0.3, -0.25) is 0 Å². The van der Waals surface area contributed by atoms with Crippen LogP contribution in [0.15, 0.2) is 30.3 Å². The van der Waals surface area contributed by atoms with Crippen LogP contribution >= 0.6 is 27.0 Å². The molecule has 0 radical (unpaired) electrons. The molecule has 0 saturated carbocycles. The Labute approximate surface area is 121 Å². The van der Waals surface area contributed by atoms with Crippen LogP contribution in [0, 0.1) is 0 Å². The van der Waals surface area contributed by atoms with Crippen LogP contribution in [0.3, 0.4) is 0 Å². The number of aryl methyl sites for hydroxylation is 1. The molecule has 1 unspecified atom stereocenters. The van der Waals surface area contributed by atoms with Crippen molar-refractivity contribution in [2.24, 2.45) is 0 Å². The maximum absolute atomic E-state index is 10.3. The lowest BCUT2D eigenvalue weighted by Crippen LogP contribution is -1.86. The molecule has 1 rings (SSSR count). The van der Waals surface area contributed by atoms with E-state index in [1.54, 1.807) is 0 Å². The first-order valence-electron chi connectivity index (χ1n) is 5.99. The van der Waals surface area contributed by atoms with Crippen molar-refractivity contribution in [1.82, 2.24) is 0 Å². The monoisotopic (exact) mass is 325 g/mol. The molecule has 19 heavy (non-hydrogen) atoms. The van der Waals surface area contributed by atoms with E-state index >= 15 is 0 Å². The van der Waals surface area contributed by atoms with Crippen LogP contribution in [-0.4, -0.2) is 24.3 Å². The zero-order chi connectivity index (χ0) is 14.5. The largest absolute Gasteiger partial charge is 0.505 e. The summed E-state index contributed by atoms with van der Waals surface area (Å²) in [6, 6.07) is 9.71. The maximum Gasteiger partial charge on any atom is 0.505 e. The molecule has 0 bridgehead atoms. The molecule has 0 aromatic heterocycles. The highest BCUT2D eigenvalue weighted by atomic mass is 35.7. The van der Waals surface area contributed by atoms with E-state index in [-0.39, 0.29) is 0 Å². The second-order valence-electron chi connectivity index (χ2n) is 3.36. The van der Waals surface area contributed by atoms with Gasteiger partial charge in [0.25, 0.3) is 7.73 Å². The van der Waals surface area contributed by atoms with E-state index < -0.39 is 15.8 Å². The predicted octanol–water partition coefficient (Wildman–Crippen LogP) is 4.49. The predicted molar refractivity (Wildman–Crippen MR) is 80.9 cm³/mol. The van der Waals surface area contributed by atoms with Gasteiger partial charge >= 0.3 is 8.03 Å². The van der Waals surface area contributed by atoms with E-state index in [0.29, 0.717) is 25.8 Å². The first-order valence-corrected chi connectivity index (χ1v) is 9.47. The van der Waals surface area contributed by atoms with Crippen molar-refractivity contribution < 1.29 is 18.5 Å². The van der Waals surface area contributed by atoms with Gasteiger partial charge < -0.3 is 9.05 Å². The van der Waals surface area contributed by atoms with E-state index in [0.717, 1.165) is 5.56 Å². The van der Waals surface area contributed by atoms with Crippen LogP contribution in [0.2, 0.25) is 0 Å². The number of hydrogen-bond donors (Lipinski definition) is 1. The molecule has 1 aromatic carbocycles. The number of benzene rings is 1. The van der Waals surface area contributed by atoms with Crippen molar-refractivity contribution in [3.63, 3.8) is 0 Å². The van der Waals surface area contributed by atoms with Gasteiger partial charge in [0.05, 0.1) is 13.2 Å². The van der Waals surface area contributed by atoms with Gasteiger partial charge in [0.15, 0.2) is 6.16 Å². The number of halogens is 1. The molecular weight excluding hydrogens is 306 g/mol. The minimum Gasteiger partial charge on any atom is -0.322 e. The van der Waals surface area contributed by atoms with Gasteiger partial charge in [0, 0.05) is 6.42 Å². The normalized spacial score (nSPS) is 10.9. The summed E-state index contributed by atoms with van der Waals surface area (Å²) >= 11 is 5.50. The van der Waals surface area contributed by atoms with E-state index in [1.807, 2.05) is 44.2 Å². The number of hydrogen-bond acceptors (Lipinski definition) is 3. The summed E-state index contributed by atoms with van der Waals surface area (Å²) in [5, 5.41) is 0. The van der Waals surface area contributed by atoms with Crippen molar-refractivity contribution in [2.75, 3.05) is 19.4 Å². The Morgan fingerprint density at radius 2 is 1.74 bits per heavy atom. The molecular formula is C12H20ClO4P2+. The highest BCUT2D eigenvalue weighted by Gasteiger charge is 2.08. The molecule has 0 heterocycles. The molecule has 0 aliphatic carbocycles. The zero-order valence-electron chi connectivity index (χ0n) is 11.2. The first kappa shape index (κ1) is 18.9. The summed E-state index contributed by atoms with van der Waals surface area (Å²) in [5.74, 6) is 0. The number of rotatable bonds is 7. The van der Waals surface area contributed by atoms with Crippen molar-refractivity contribution in [2.45, 2.75) is 20.3 Å². The van der Waals surface area contributed by atoms with Crippen LogP contribution < -0.4 is 0 Å². The third-order valence-corrected chi connectivity index (χ3v) is 4.01. The average molecular weight is 326 g/mol. The van der Waals surface area contributed by atoms with E-state index in [1.165, 1.54) is 0 Å². The highest BCUT2D eigenvalue weighted by molar-refractivity contribution is 7.76. The molecule has 0 spiro atoms. The molecule has 108 valence electrons. The Balaban J connectivity index is 0.000000362. The first-order chi connectivity index (χ1) is 9.10. The van der Waals surface area contributed by atoms with E-state index in [9.17, 15) is 4.57 Å². The second-order valence-corrected chi connectivity index (χ2v) is 6.28. The van der Waals surface area contributed by atoms with Crippen molar-refractivity contribution in [1.29, 1.82) is 0 Å². The third kappa shape index (κ3) is 12.7. The van der Waals surface area contributed by atoms with Crippen LogP contribution in [-0.2, 0) is 20.0 Å². The Hall–Kier alpha value is -0.0800. The minimum atomic E-state index is -1.97. The zero-order valence-corrected chi connectivity index (χ0v) is 13.7. The van der Waals surface area contributed by atoms with Crippen LogP contribution in [0.1, 0.15) is 19.4 Å². The Morgan fingerprint density at radius 3 is 2.16 bits per heavy atom. The van der Waals surface area contributed by atoms with Gasteiger partial charge in [0.2, 0.25) is 0 Å². The van der Waals surface area contributed by atoms with Gasteiger partial charge in [-0.15, -0.1) is 0 Å². The molecule has 0 aliphatic rings. The van der Waals surface area contributed by atoms with E-state index in [4.69, 9.17) is 25.2 Å². The fourth-order valence-corrected chi connectivity index (χ4v) is 2.63. The topological polar surface area (TPSA) is 55.8 Å². The second kappa shape index (κ2) is 12.9. The van der Waals surface area contributed by atoms with E-state index in [2.05, 4.69) is 0 Å². The molecule has 0 saturated heterocycles. The molecule has 0 aliphatic heterocycles. The lowest BCUT2D eigenvalue weighted by molar-refractivity contribution is 0.282. The van der Waals surface area contributed by atoms with Crippen LogP contribution in [0.5, 0.6) is 0 Å². The smallest absolute Gasteiger partial charge is 0.322 e. The van der Waals surface area contributed by atoms with Crippen LogP contribution in [0.25, 0.3) is 0 Å². The Bertz CT molecular complexity index is 332. The van der Waals surface area contributed by atoms with Crippen molar-refractivity contribution in [3.05, 3.63) is 35.9 Å². The minimum absolute atomic E-state index is 0.360. The van der Waals surface area contributed by atoms with Gasteiger partial charge in [-0.2, -0.15) is 4.89 Å². The molecule has 0 amide bonds. The van der Waals surface area contributed by atoms with Crippen molar-refractivity contribution >= 4 is 27.0 Å². The molecule has 1 aromatic rings. The van der Waals surface area contributed by atoms with Gasteiger partial charge in [-0.25, -0.2) is 0 Å². The molecule has 0 fully saturated rings. The van der Waals surface area contributed by atoms with Crippen molar-refractivity contribution in [3.8, 4) is 0 Å². The quantitative estimate of drug-likeness (QED) is 0.750. The third-order valence-electron chi connectivity index (χ3n) is 1.90. The summed E-state index contributed by atoms with van der Waals surface area (Å²) < 4.78 is 20.1. The summed E-state index contributed by atoms with van der Waals surface area (Å²) in [6.07, 6.45) is 1.05. The molecule has 7 heteroatoms. The Kier molecular flexibility index (Phi) is 12.9. The lowest BCUT2D eigenvalue weighted by Gasteiger charge is -2.04. The molecule has 1 N–H and O–H groups in total. The SMILES string of the molecule is CCOP(Cl)OCC.O=[P+](O)CCc1ccccc1. The van der Waals surface area contributed by atoms with Crippen LogP contribution in [0.4, 0.5) is 0 Å². The molecule has 4 nitrogen and oxygen atoms in total.